The molecule has 0 bridgehead atoms. The number of aromatic nitrogens is 3. The maximum Gasteiger partial charge on any atom is 0.312 e. The topological polar surface area (TPSA) is 69.0 Å². The Kier molecular flexibility index (Phi) is 3.90. The van der Waals surface area contributed by atoms with Crippen molar-refractivity contribution in [2.75, 3.05) is 18.5 Å². The predicted molar refractivity (Wildman–Crippen MR) is 55.9 cm³/mol. The minimum Gasteiger partial charge on any atom is -0.466 e. The second-order valence-corrected chi connectivity index (χ2v) is 3.10. The summed E-state index contributed by atoms with van der Waals surface area (Å²) in [6.07, 6.45) is 1.47. The molecule has 2 rings (SSSR count). The van der Waals surface area contributed by atoms with Crippen LogP contribution >= 0.6 is 12.4 Å². The van der Waals surface area contributed by atoms with Crippen molar-refractivity contribution in [1.29, 1.82) is 0 Å². The second kappa shape index (κ2) is 4.97. The molecule has 0 aliphatic carbocycles. The first-order valence-corrected chi connectivity index (χ1v) is 4.59. The summed E-state index contributed by atoms with van der Waals surface area (Å²) < 4.78 is 6.60. The number of halogens is 1. The smallest absolute Gasteiger partial charge is 0.312 e. The van der Waals surface area contributed by atoms with Crippen LogP contribution in [-0.4, -0.2) is 33.9 Å². The highest BCUT2D eigenvalue weighted by Crippen LogP contribution is 2.14. The molecule has 0 fully saturated rings. The van der Waals surface area contributed by atoms with Gasteiger partial charge in [-0.2, -0.15) is 10.1 Å². The van der Waals surface area contributed by atoms with E-state index in [0.29, 0.717) is 25.6 Å². The van der Waals surface area contributed by atoms with Gasteiger partial charge in [0.05, 0.1) is 19.1 Å². The molecular formula is C8H13ClN4O2. The molecule has 1 aromatic rings. The SMILES string of the molecule is CCOC(=O)C1CNc2ncnn2C1.Cl. The molecule has 0 saturated heterocycles. The van der Waals surface area contributed by atoms with Crippen LogP contribution in [0.1, 0.15) is 6.92 Å². The molecule has 0 aromatic carbocycles. The molecule has 1 aliphatic rings. The van der Waals surface area contributed by atoms with Gasteiger partial charge in [0.25, 0.3) is 0 Å². The van der Waals surface area contributed by atoms with Crippen molar-refractivity contribution >= 4 is 24.3 Å². The molecular weight excluding hydrogens is 220 g/mol. The van der Waals surface area contributed by atoms with Crippen LogP contribution in [0.3, 0.4) is 0 Å². The van der Waals surface area contributed by atoms with Crippen LogP contribution in [0, 0.1) is 5.92 Å². The first-order valence-electron chi connectivity index (χ1n) is 4.59. The van der Waals surface area contributed by atoms with Crippen LogP contribution in [0.25, 0.3) is 0 Å². The summed E-state index contributed by atoms with van der Waals surface area (Å²) in [5, 5.41) is 7.01. The maximum atomic E-state index is 11.4. The van der Waals surface area contributed by atoms with Gasteiger partial charge >= 0.3 is 5.97 Å². The third kappa shape index (κ3) is 2.38. The van der Waals surface area contributed by atoms with Gasteiger partial charge in [-0.1, -0.05) is 0 Å². The first kappa shape index (κ1) is 11.8. The van der Waals surface area contributed by atoms with Crippen LogP contribution < -0.4 is 5.32 Å². The van der Waals surface area contributed by atoms with Crippen LogP contribution in [0.4, 0.5) is 5.95 Å². The Morgan fingerprint density at radius 1 is 1.80 bits per heavy atom. The van der Waals surface area contributed by atoms with Crippen LogP contribution in [0.5, 0.6) is 0 Å². The summed E-state index contributed by atoms with van der Waals surface area (Å²) in [5.41, 5.74) is 0. The number of esters is 1. The molecule has 1 unspecified atom stereocenters. The van der Waals surface area contributed by atoms with Crippen molar-refractivity contribution < 1.29 is 9.53 Å². The van der Waals surface area contributed by atoms with Gasteiger partial charge in [-0.05, 0) is 6.92 Å². The fraction of sp³-hybridized carbons (Fsp3) is 0.625. The zero-order valence-electron chi connectivity index (χ0n) is 8.34. The van der Waals surface area contributed by atoms with E-state index in [4.69, 9.17) is 4.74 Å². The van der Waals surface area contributed by atoms with Gasteiger partial charge in [-0.25, -0.2) is 4.68 Å². The highest BCUT2D eigenvalue weighted by molar-refractivity contribution is 5.85. The van der Waals surface area contributed by atoms with Crippen molar-refractivity contribution in [3.8, 4) is 0 Å². The summed E-state index contributed by atoms with van der Waals surface area (Å²) in [6, 6.07) is 0. The molecule has 0 spiro atoms. The molecule has 0 amide bonds. The van der Waals surface area contributed by atoms with Crippen molar-refractivity contribution in [1.82, 2.24) is 14.8 Å². The highest BCUT2D eigenvalue weighted by atomic mass is 35.5. The van der Waals surface area contributed by atoms with Crippen molar-refractivity contribution in [3.05, 3.63) is 6.33 Å². The third-order valence-corrected chi connectivity index (χ3v) is 2.14. The predicted octanol–water partition coefficient (Wildman–Crippen LogP) is 0.305. The number of carbonyl (C=O) groups is 1. The number of hydrogen-bond acceptors (Lipinski definition) is 5. The average Bonchev–Trinajstić information content (AvgIpc) is 2.64. The molecule has 15 heavy (non-hydrogen) atoms. The fourth-order valence-corrected chi connectivity index (χ4v) is 1.44. The Bertz CT molecular complexity index is 341. The summed E-state index contributed by atoms with van der Waals surface area (Å²) >= 11 is 0. The molecule has 0 radical (unpaired) electrons. The number of anilines is 1. The standard InChI is InChI=1S/C8H12N4O2.ClH/c1-2-14-7(13)6-3-9-8-10-5-11-12(8)4-6;/h5-6H,2-4H2,1H3,(H,9,10,11);1H. The molecule has 2 heterocycles. The van der Waals surface area contributed by atoms with E-state index in [9.17, 15) is 4.79 Å². The van der Waals surface area contributed by atoms with Gasteiger partial charge in [0.1, 0.15) is 6.33 Å². The minimum atomic E-state index is -0.179. The Morgan fingerprint density at radius 3 is 3.33 bits per heavy atom. The molecule has 84 valence electrons. The molecule has 0 saturated carbocycles. The van der Waals surface area contributed by atoms with Gasteiger partial charge in [0, 0.05) is 6.54 Å². The van der Waals surface area contributed by atoms with E-state index in [2.05, 4.69) is 15.4 Å². The number of nitrogens with one attached hydrogen (secondary N) is 1. The van der Waals surface area contributed by atoms with Gasteiger partial charge in [-0.3, -0.25) is 4.79 Å². The van der Waals surface area contributed by atoms with Crippen molar-refractivity contribution in [2.45, 2.75) is 13.5 Å². The average molecular weight is 233 g/mol. The Morgan fingerprint density at radius 2 is 2.60 bits per heavy atom. The molecule has 1 atom stereocenters. The van der Waals surface area contributed by atoms with Crippen molar-refractivity contribution in [3.63, 3.8) is 0 Å². The third-order valence-electron chi connectivity index (χ3n) is 2.14. The number of fused-ring (bicyclic) bond motifs is 1. The van der Waals surface area contributed by atoms with Crippen LogP contribution in [0.15, 0.2) is 6.33 Å². The molecule has 7 heteroatoms. The minimum absolute atomic E-state index is 0. The number of carbonyl (C=O) groups excluding carboxylic acids is 1. The summed E-state index contributed by atoms with van der Waals surface area (Å²) in [6.45, 7) is 3.33. The zero-order valence-corrected chi connectivity index (χ0v) is 9.16. The van der Waals surface area contributed by atoms with Gasteiger partial charge < -0.3 is 10.1 Å². The van der Waals surface area contributed by atoms with Crippen LogP contribution in [0.2, 0.25) is 0 Å². The number of ether oxygens (including phenoxy) is 1. The quantitative estimate of drug-likeness (QED) is 0.743. The monoisotopic (exact) mass is 232 g/mol. The molecule has 1 aromatic heterocycles. The summed E-state index contributed by atoms with van der Waals surface area (Å²) in [7, 11) is 0. The number of nitrogens with zero attached hydrogens (tertiary/aromatic N) is 3. The van der Waals surface area contributed by atoms with Gasteiger partial charge in [0.2, 0.25) is 5.95 Å². The molecule has 1 N–H and O–H groups in total. The Hall–Kier alpha value is -1.30. The lowest BCUT2D eigenvalue weighted by molar-refractivity contribution is -0.148. The van der Waals surface area contributed by atoms with E-state index in [-0.39, 0.29) is 24.3 Å². The highest BCUT2D eigenvalue weighted by Gasteiger charge is 2.26. The van der Waals surface area contributed by atoms with Crippen LogP contribution in [-0.2, 0) is 16.1 Å². The number of rotatable bonds is 2. The largest absolute Gasteiger partial charge is 0.466 e. The summed E-state index contributed by atoms with van der Waals surface area (Å²) in [5.74, 6) is 0.371. The number of hydrogen-bond donors (Lipinski definition) is 1. The molecule has 1 aliphatic heterocycles. The molecule has 6 nitrogen and oxygen atoms in total. The Labute approximate surface area is 93.4 Å². The fourth-order valence-electron chi connectivity index (χ4n) is 1.44. The van der Waals surface area contributed by atoms with Gasteiger partial charge in [0.15, 0.2) is 0 Å². The van der Waals surface area contributed by atoms with E-state index < -0.39 is 0 Å². The van der Waals surface area contributed by atoms with E-state index in [1.54, 1.807) is 11.6 Å². The lowest BCUT2D eigenvalue weighted by Gasteiger charge is -2.21. The van der Waals surface area contributed by atoms with Gasteiger partial charge in [-0.15, -0.1) is 12.4 Å². The van der Waals surface area contributed by atoms with E-state index in [1.165, 1.54) is 6.33 Å². The zero-order chi connectivity index (χ0) is 9.97. The first-order chi connectivity index (χ1) is 6.81. The lowest BCUT2D eigenvalue weighted by atomic mass is 10.1. The Balaban J connectivity index is 0.00000112. The maximum absolute atomic E-state index is 11.4. The van der Waals surface area contributed by atoms with E-state index in [1.807, 2.05) is 0 Å². The normalized spacial score (nSPS) is 18.3. The van der Waals surface area contributed by atoms with E-state index >= 15 is 0 Å². The van der Waals surface area contributed by atoms with E-state index in [0.717, 1.165) is 0 Å². The van der Waals surface area contributed by atoms with Crippen molar-refractivity contribution in [2.24, 2.45) is 5.92 Å². The lowest BCUT2D eigenvalue weighted by Crippen LogP contribution is -2.34. The summed E-state index contributed by atoms with van der Waals surface area (Å²) in [4.78, 5) is 15.4. The second-order valence-electron chi connectivity index (χ2n) is 3.10.